The fraction of sp³-hybridized carbons (Fsp3) is 0.529. The largest absolute Gasteiger partial charge is 0.508 e. The van der Waals surface area contributed by atoms with Crippen molar-refractivity contribution in [2.24, 2.45) is 5.92 Å². The number of hydrogen-bond acceptors (Lipinski definition) is 4. The van der Waals surface area contributed by atoms with E-state index in [1.54, 1.807) is 0 Å². The van der Waals surface area contributed by atoms with Gasteiger partial charge in [-0.2, -0.15) is 0 Å². The van der Waals surface area contributed by atoms with Gasteiger partial charge in [-0.05, 0) is 25.7 Å². The van der Waals surface area contributed by atoms with Gasteiger partial charge in [0.25, 0.3) is 0 Å². The first-order valence-electron chi connectivity index (χ1n) is 8.01. The van der Waals surface area contributed by atoms with Gasteiger partial charge in [-0.15, -0.1) is 0 Å². The maximum Gasteiger partial charge on any atom is 0.157 e. The van der Waals surface area contributed by atoms with Gasteiger partial charge in [0.05, 0.1) is 5.70 Å². The summed E-state index contributed by atoms with van der Waals surface area (Å²) in [5.74, 6) is 0.735. The molecule has 2 unspecified atom stereocenters. The van der Waals surface area contributed by atoms with Gasteiger partial charge in [0, 0.05) is 43.4 Å². The molecule has 4 aliphatic rings. The molecule has 4 rings (SSSR count). The highest BCUT2D eigenvalue weighted by Gasteiger charge is 2.40. The molecular formula is C17H23N3O. The van der Waals surface area contributed by atoms with E-state index < -0.39 is 0 Å². The van der Waals surface area contributed by atoms with Crippen LogP contribution in [0.3, 0.4) is 0 Å². The second kappa shape index (κ2) is 4.95. The van der Waals surface area contributed by atoms with E-state index in [0.717, 1.165) is 37.2 Å². The van der Waals surface area contributed by atoms with Gasteiger partial charge in [0.2, 0.25) is 0 Å². The first-order valence-corrected chi connectivity index (χ1v) is 8.01. The van der Waals surface area contributed by atoms with E-state index in [4.69, 9.17) is 0 Å². The topological polar surface area (TPSA) is 38.7 Å². The Morgan fingerprint density at radius 1 is 1.29 bits per heavy atom. The lowest BCUT2D eigenvalue weighted by Gasteiger charge is -2.34. The summed E-state index contributed by atoms with van der Waals surface area (Å²) in [6.07, 6.45) is 13.2. The molecule has 2 atom stereocenters. The zero-order chi connectivity index (χ0) is 14.4. The summed E-state index contributed by atoms with van der Waals surface area (Å²) in [6, 6.07) is 0. The first-order chi connectivity index (χ1) is 10.3. The second-order valence-electron chi connectivity index (χ2n) is 6.38. The molecule has 0 aromatic carbocycles. The lowest BCUT2D eigenvalue weighted by molar-refractivity contribution is 0.102. The van der Waals surface area contributed by atoms with Crippen LogP contribution in [0.15, 0.2) is 47.0 Å². The van der Waals surface area contributed by atoms with Crippen molar-refractivity contribution in [2.45, 2.75) is 32.0 Å². The van der Waals surface area contributed by atoms with Crippen molar-refractivity contribution >= 4 is 0 Å². The minimum Gasteiger partial charge on any atom is -0.508 e. The third kappa shape index (κ3) is 2.01. The smallest absolute Gasteiger partial charge is 0.157 e. The molecule has 4 nitrogen and oxygen atoms in total. The van der Waals surface area contributed by atoms with E-state index in [9.17, 15) is 5.11 Å². The number of aliphatic hydroxyl groups is 1. The maximum atomic E-state index is 10.4. The Kier molecular flexibility index (Phi) is 3.07. The molecule has 0 bridgehead atoms. The van der Waals surface area contributed by atoms with Crippen molar-refractivity contribution < 1.29 is 5.11 Å². The Morgan fingerprint density at radius 2 is 2.10 bits per heavy atom. The Bertz CT molecular complexity index is 567. The van der Waals surface area contributed by atoms with Crippen LogP contribution in [0.1, 0.15) is 25.7 Å². The van der Waals surface area contributed by atoms with Crippen LogP contribution >= 0.6 is 0 Å². The van der Waals surface area contributed by atoms with Gasteiger partial charge in [0.1, 0.15) is 5.76 Å². The van der Waals surface area contributed by atoms with Crippen molar-refractivity contribution in [1.82, 2.24) is 15.1 Å². The highest BCUT2D eigenvalue weighted by Crippen LogP contribution is 2.41. The highest BCUT2D eigenvalue weighted by atomic mass is 16.3. The molecule has 0 amide bonds. The van der Waals surface area contributed by atoms with Crippen LogP contribution in [-0.2, 0) is 0 Å². The van der Waals surface area contributed by atoms with E-state index in [1.807, 2.05) is 6.08 Å². The van der Waals surface area contributed by atoms with E-state index in [2.05, 4.69) is 40.4 Å². The summed E-state index contributed by atoms with van der Waals surface area (Å²) in [6.45, 7) is 2.32. The number of nitrogens with one attached hydrogen (secondary N) is 1. The van der Waals surface area contributed by atoms with Crippen LogP contribution < -0.4 is 5.32 Å². The standard InChI is InChI=1S/C17H23N3O/c1-19-16-13-8-4-2-3-7-12(13)15(21)11-14(16)18-17(19)20-9-5-6-10-20/h2-3,7,11,13,17-18,21H,4-6,8-10H2,1H3. The Labute approximate surface area is 126 Å². The summed E-state index contributed by atoms with van der Waals surface area (Å²) in [7, 11) is 2.18. The third-order valence-corrected chi connectivity index (χ3v) is 5.11. The maximum absolute atomic E-state index is 10.4. The Morgan fingerprint density at radius 3 is 2.90 bits per heavy atom. The second-order valence-corrected chi connectivity index (χ2v) is 6.38. The molecule has 0 aromatic rings. The van der Waals surface area contributed by atoms with Crippen molar-refractivity contribution in [1.29, 1.82) is 0 Å². The summed E-state index contributed by atoms with van der Waals surface area (Å²) in [5.41, 5.74) is 3.52. The van der Waals surface area contributed by atoms with Gasteiger partial charge in [-0.3, -0.25) is 4.90 Å². The predicted molar refractivity (Wildman–Crippen MR) is 83.2 cm³/mol. The molecule has 0 spiro atoms. The Balaban J connectivity index is 1.67. The van der Waals surface area contributed by atoms with Gasteiger partial charge in [-0.25, -0.2) is 0 Å². The molecule has 21 heavy (non-hydrogen) atoms. The number of rotatable bonds is 1. The summed E-state index contributed by atoms with van der Waals surface area (Å²) in [5, 5.41) is 14.0. The molecule has 0 radical (unpaired) electrons. The summed E-state index contributed by atoms with van der Waals surface area (Å²) in [4.78, 5) is 4.88. The molecule has 1 fully saturated rings. The number of allylic oxidation sites excluding steroid dienone is 6. The van der Waals surface area contributed by atoms with Crippen molar-refractivity contribution in [3.8, 4) is 0 Å². The fourth-order valence-corrected chi connectivity index (χ4v) is 4.07. The number of nitrogens with zero attached hydrogens (tertiary/aromatic N) is 2. The van der Waals surface area contributed by atoms with Gasteiger partial charge >= 0.3 is 0 Å². The quantitative estimate of drug-likeness (QED) is 0.776. The first kappa shape index (κ1) is 13.0. The molecule has 2 aliphatic heterocycles. The average molecular weight is 285 g/mol. The number of likely N-dealkylation sites (tertiary alicyclic amines) is 1. The lowest BCUT2D eigenvalue weighted by Crippen LogP contribution is -2.49. The zero-order valence-electron chi connectivity index (χ0n) is 12.5. The summed E-state index contributed by atoms with van der Waals surface area (Å²) < 4.78 is 0. The van der Waals surface area contributed by atoms with Crippen LogP contribution in [0.5, 0.6) is 0 Å². The number of fused-ring (bicyclic) bond motifs is 2. The van der Waals surface area contributed by atoms with Crippen LogP contribution in [0, 0.1) is 5.92 Å². The van der Waals surface area contributed by atoms with Crippen LogP contribution in [-0.4, -0.2) is 41.3 Å². The molecule has 4 heteroatoms. The zero-order valence-corrected chi connectivity index (χ0v) is 12.5. The van der Waals surface area contributed by atoms with Crippen LogP contribution in [0.25, 0.3) is 0 Å². The molecule has 2 N–H and O–H groups in total. The lowest BCUT2D eigenvalue weighted by atomic mass is 9.85. The van der Waals surface area contributed by atoms with E-state index in [1.165, 1.54) is 18.5 Å². The summed E-state index contributed by atoms with van der Waals surface area (Å²) >= 11 is 0. The molecule has 112 valence electrons. The van der Waals surface area contributed by atoms with Crippen molar-refractivity contribution in [3.05, 3.63) is 47.0 Å². The molecular weight excluding hydrogens is 262 g/mol. The van der Waals surface area contributed by atoms with E-state index in [-0.39, 0.29) is 6.29 Å². The van der Waals surface area contributed by atoms with E-state index in [0.29, 0.717) is 11.7 Å². The van der Waals surface area contributed by atoms with Crippen LogP contribution in [0.4, 0.5) is 0 Å². The fourth-order valence-electron chi connectivity index (χ4n) is 4.07. The molecule has 2 aliphatic carbocycles. The molecule has 1 saturated heterocycles. The molecule has 2 heterocycles. The minimum atomic E-state index is 0.247. The van der Waals surface area contributed by atoms with Crippen molar-refractivity contribution in [3.63, 3.8) is 0 Å². The van der Waals surface area contributed by atoms with Gasteiger partial charge < -0.3 is 15.3 Å². The third-order valence-electron chi connectivity index (χ3n) is 5.11. The van der Waals surface area contributed by atoms with Crippen molar-refractivity contribution in [2.75, 3.05) is 20.1 Å². The average Bonchev–Trinajstić information content (AvgIpc) is 3.01. The van der Waals surface area contributed by atoms with Gasteiger partial charge in [-0.1, -0.05) is 18.2 Å². The Hall–Kier alpha value is -1.68. The molecule has 0 saturated carbocycles. The van der Waals surface area contributed by atoms with Crippen LogP contribution in [0.2, 0.25) is 0 Å². The monoisotopic (exact) mass is 285 g/mol. The molecule has 0 aromatic heterocycles. The normalized spacial score (nSPS) is 32.3. The van der Waals surface area contributed by atoms with Gasteiger partial charge in [0.15, 0.2) is 6.29 Å². The SMILES string of the molecule is CN1C2=C(C=C(O)C3=CC=CCCC32)NC1N1CCCC1. The minimum absolute atomic E-state index is 0.247. The highest BCUT2D eigenvalue weighted by molar-refractivity contribution is 5.49. The number of aliphatic hydroxyl groups excluding tert-OH is 1. The van der Waals surface area contributed by atoms with E-state index >= 15 is 0 Å². The predicted octanol–water partition coefficient (Wildman–Crippen LogP) is 2.46. The number of hydrogen-bond donors (Lipinski definition) is 2.